The molecule has 0 fully saturated rings. The molecule has 0 saturated heterocycles. The van der Waals surface area contributed by atoms with Gasteiger partial charge in [-0.2, -0.15) is 5.10 Å². The molecule has 0 radical (unpaired) electrons. The standard InChI is InChI=1S/C6H5N5O2/c7-6-5-4(9-10-6)1-3(2-8-5)11(12)13/h1-2H,(H3,7,9,10). The third-order valence-electron chi connectivity index (χ3n) is 1.62. The van der Waals surface area contributed by atoms with Crippen molar-refractivity contribution in [1.29, 1.82) is 0 Å². The molecule has 3 N–H and O–H groups in total. The van der Waals surface area contributed by atoms with E-state index in [0.29, 0.717) is 11.0 Å². The monoisotopic (exact) mass is 179 g/mol. The Hall–Kier alpha value is -2.18. The van der Waals surface area contributed by atoms with E-state index in [1.807, 2.05) is 0 Å². The van der Waals surface area contributed by atoms with Crippen molar-refractivity contribution >= 4 is 22.5 Å². The maximum Gasteiger partial charge on any atom is 0.289 e. The van der Waals surface area contributed by atoms with Crippen LogP contribution >= 0.6 is 0 Å². The number of nitrogens with one attached hydrogen (secondary N) is 1. The number of fused-ring (bicyclic) bond motifs is 1. The molecular formula is C6H5N5O2. The van der Waals surface area contributed by atoms with Gasteiger partial charge in [-0.05, 0) is 0 Å². The molecule has 0 atom stereocenters. The third-order valence-corrected chi connectivity index (χ3v) is 1.62. The van der Waals surface area contributed by atoms with Crippen LogP contribution in [0.4, 0.5) is 11.5 Å². The number of nitrogen functional groups attached to an aromatic ring is 1. The van der Waals surface area contributed by atoms with Crippen LogP contribution in [-0.4, -0.2) is 20.1 Å². The summed E-state index contributed by atoms with van der Waals surface area (Å²) in [5, 5.41) is 16.6. The number of pyridine rings is 1. The Morgan fingerprint density at radius 1 is 1.62 bits per heavy atom. The lowest BCUT2D eigenvalue weighted by Gasteiger charge is -1.90. The lowest BCUT2D eigenvalue weighted by atomic mass is 10.3. The first-order valence-electron chi connectivity index (χ1n) is 3.42. The SMILES string of the molecule is Nc1n[nH]c2cc([N+](=O)[O-])cnc12. The molecule has 13 heavy (non-hydrogen) atoms. The van der Waals surface area contributed by atoms with Crippen LogP contribution in [0.25, 0.3) is 11.0 Å². The summed E-state index contributed by atoms with van der Waals surface area (Å²) in [7, 11) is 0. The molecule has 0 aliphatic heterocycles. The number of hydrogen-bond donors (Lipinski definition) is 2. The van der Waals surface area contributed by atoms with Gasteiger partial charge in [0.2, 0.25) is 0 Å². The summed E-state index contributed by atoms with van der Waals surface area (Å²) in [6.07, 6.45) is 1.15. The minimum absolute atomic E-state index is 0.0869. The van der Waals surface area contributed by atoms with E-state index in [1.165, 1.54) is 6.07 Å². The van der Waals surface area contributed by atoms with Gasteiger partial charge in [0.15, 0.2) is 5.82 Å². The molecule has 2 aromatic heterocycles. The van der Waals surface area contributed by atoms with Gasteiger partial charge in [0.1, 0.15) is 11.7 Å². The second-order valence-electron chi connectivity index (χ2n) is 2.46. The molecule has 0 saturated carbocycles. The van der Waals surface area contributed by atoms with Crippen LogP contribution in [0.15, 0.2) is 12.3 Å². The average Bonchev–Trinajstić information content (AvgIpc) is 2.47. The van der Waals surface area contributed by atoms with E-state index < -0.39 is 4.92 Å². The Balaban J connectivity index is 2.70. The van der Waals surface area contributed by atoms with Gasteiger partial charge in [-0.3, -0.25) is 15.2 Å². The molecule has 0 spiro atoms. The zero-order chi connectivity index (χ0) is 9.42. The van der Waals surface area contributed by atoms with Crippen LogP contribution in [-0.2, 0) is 0 Å². The Morgan fingerprint density at radius 3 is 3.08 bits per heavy atom. The maximum atomic E-state index is 10.4. The molecule has 0 bridgehead atoms. The molecule has 2 heterocycles. The highest BCUT2D eigenvalue weighted by molar-refractivity contribution is 5.85. The number of hydrogen-bond acceptors (Lipinski definition) is 5. The lowest BCUT2D eigenvalue weighted by molar-refractivity contribution is -0.385. The Morgan fingerprint density at radius 2 is 2.38 bits per heavy atom. The summed E-state index contributed by atoms with van der Waals surface area (Å²) in [5.74, 6) is 0.241. The molecule has 0 amide bonds. The summed E-state index contributed by atoms with van der Waals surface area (Å²) in [4.78, 5) is 13.6. The van der Waals surface area contributed by atoms with Gasteiger partial charge in [-0.25, -0.2) is 4.98 Å². The number of nitro groups is 1. The number of nitrogens with zero attached hydrogens (tertiary/aromatic N) is 3. The number of rotatable bonds is 1. The Labute approximate surface area is 71.7 Å². The highest BCUT2D eigenvalue weighted by Gasteiger charge is 2.10. The fourth-order valence-electron chi connectivity index (χ4n) is 1.02. The zero-order valence-corrected chi connectivity index (χ0v) is 6.39. The minimum Gasteiger partial charge on any atom is -0.380 e. The predicted molar refractivity (Wildman–Crippen MR) is 45.0 cm³/mol. The second-order valence-corrected chi connectivity index (χ2v) is 2.46. The maximum absolute atomic E-state index is 10.4. The van der Waals surface area contributed by atoms with Gasteiger partial charge in [-0.1, -0.05) is 0 Å². The highest BCUT2D eigenvalue weighted by Crippen LogP contribution is 2.19. The van der Waals surface area contributed by atoms with Crippen molar-refractivity contribution < 1.29 is 4.92 Å². The molecule has 0 unspecified atom stereocenters. The predicted octanol–water partition coefficient (Wildman–Crippen LogP) is 0.448. The van der Waals surface area contributed by atoms with Crippen molar-refractivity contribution in [3.05, 3.63) is 22.4 Å². The zero-order valence-electron chi connectivity index (χ0n) is 6.39. The second kappa shape index (κ2) is 2.41. The van der Waals surface area contributed by atoms with Gasteiger partial charge in [0.05, 0.1) is 10.4 Å². The van der Waals surface area contributed by atoms with Crippen LogP contribution in [0.5, 0.6) is 0 Å². The normalized spacial score (nSPS) is 10.5. The van der Waals surface area contributed by atoms with Crippen LogP contribution in [0.1, 0.15) is 0 Å². The molecule has 7 nitrogen and oxygen atoms in total. The molecule has 66 valence electrons. The third kappa shape index (κ3) is 1.06. The fourth-order valence-corrected chi connectivity index (χ4v) is 1.02. The quantitative estimate of drug-likeness (QED) is 0.487. The highest BCUT2D eigenvalue weighted by atomic mass is 16.6. The van der Waals surface area contributed by atoms with Gasteiger partial charge >= 0.3 is 0 Å². The first kappa shape index (κ1) is 7.47. The number of nitrogens with two attached hydrogens (primary N) is 1. The van der Waals surface area contributed by atoms with E-state index in [2.05, 4.69) is 15.2 Å². The van der Waals surface area contributed by atoms with E-state index in [-0.39, 0.29) is 11.5 Å². The number of anilines is 1. The van der Waals surface area contributed by atoms with E-state index in [9.17, 15) is 10.1 Å². The van der Waals surface area contributed by atoms with Crippen molar-refractivity contribution in [2.75, 3.05) is 5.73 Å². The number of aromatic amines is 1. The van der Waals surface area contributed by atoms with E-state index in [1.54, 1.807) is 0 Å². The molecule has 2 aromatic rings. The summed E-state index contributed by atoms with van der Waals surface area (Å²) in [6.45, 7) is 0. The molecule has 2 rings (SSSR count). The van der Waals surface area contributed by atoms with Crippen LogP contribution < -0.4 is 5.73 Å². The van der Waals surface area contributed by atoms with Crippen molar-refractivity contribution in [1.82, 2.24) is 15.2 Å². The van der Waals surface area contributed by atoms with E-state index in [4.69, 9.17) is 5.73 Å². The molecule has 0 aliphatic carbocycles. The Kier molecular flexibility index (Phi) is 1.38. The first-order valence-corrected chi connectivity index (χ1v) is 3.42. The largest absolute Gasteiger partial charge is 0.380 e. The smallest absolute Gasteiger partial charge is 0.289 e. The van der Waals surface area contributed by atoms with Gasteiger partial charge in [0, 0.05) is 6.07 Å². The molecule has 0 aliphatic rings. The van der Waals surface area contributed by atoms with Crippen LogP contribution in [0, 0.1) is 10.1 Å². The average molecular weight is 179 g/mol. The molecule has 0 aromatic carbocycles. The molecular weight excluding hydrogens is 174 g/mol. The summed E-state index contributed by atoms with van der Waals surface area (Å²) in [6, 6.07) is 1.34. The van der Waals surface area contributed by atoms with Crippen molar-refractivity contribution in [2.45, 2.75) is 0 Å². The summed E-state index contributed by atoms with van der Waals surface area (Å²) >= 11 is 0. The fraction of sp³-hybridized carbons (Fsp3) is 0. The van der Waals surface area contributed by atoms with Gasteiger partial charge < -0.3 is 5.73 Å². The van der Waals surface area contributed by atoms with Crippen molar-refractivity contribution in [3.63, 3.8) is 0 Å². The molecule has 7 heteroatoms. The summed E-state index contributed by atoms with van der Waals surface area (Å²) in [5.41, 5.74) is 6.25. The first-order chi connectivity index (χ1) is 6.18. The Bertz CT molecular complexity index is 477. The number of H-pyrrole nitrogens is 1. The minimum atomic E-state index is -0.524. The number of aromatic nitrogens is 3. The van der Waals surface area contributed by atoms with Crippen molar-refractivity contribution in [2.24, 2.45) is 0 Å². The topological polar surface area (TPSA) is 111 Å². The van der Waals surface area contributed by atoms with E-state index >= 15 is 0 Å². The van der Waals surface area contributed by atoms with E-state index in [0.717, 1.165) is 6.20 Å². The van der Waals surface area contributed by atoms with Crippen LogP contribution in [0.2, 0.25) is 0 Å². The lowest BCUT2D eigenvalue weighted by Crippen LogP contribution is -1.90. The summed E-state index contributed by atoms with van der Waals surface area (Å²) < 4.78 is 0. The van der Waals surface area contributed by atoms with Gasteiger partial charge in [0.25, 0.3) is 5.69 Å². The van der Waals surface area contributed by atoms with Gasteiger partial charge in [-0.15, -0.1) is 0 Å². The van der Waals surface area contributed by atoms with Crippen molar-refractivity contribution in [3.8, 4) is 0 Å². The van der Waals surface area contributed by atoms with Crippen LogP contribution in [0.3, 0.4) is 0 Å².